The fraction of sp³-hybridized carbons (Fsp3) is 0.632. The van der Waals surface area contributed by atoms with Crippen molar-refractivity contribution >= 4 is 0 Å². The van der Waals surface area contributed by atoms with Gasteiger partial charge < -0.3 is 10.5 Å². The lowest BCUT2D eigenvalue weighted by Gasteiger charge is -2.31. The van der Waals surface area contributed by atoms with E-state index in [4.69, 9.17) is 15.6 Å². The number of fused-ring (bicyclic) bond motifs is 1. The van der Waals surface area contributed by atoms with Gasteiger partial charge in [0.2, 0.25) is 0 Å². The molecule has 4 rings (SSSR count). The monoisotopic (exact) mass is 371 g/mol. The highest BCUT2D eigenvalue weighted by Crippen LogP contribution is 2.19. The highest BCUT2D eigenvalue weighted by molar-refractivity contribution is 5.11. The van der Waals surface area contributed by atoms with Gasteiger partial charge in [-0.1, -0.05) is 0 Å². The molecule has 0 aliphatic carbocycles. The van der Waals surface area contributed by atoms with Crippen LogP contribution in [-0.4, -0.2) is 68.4 Å². The predicted octanol–water partition coefficient (Wildman–Crippen LogP) is 0.881. The van der Waals surface area contributed by atoms with Crippen LogP contribution in [0, 0.1) is 0 Å². The second-order valence-corrected chi connectivity index (χ2v) is 7.39. The number of ether oxygens (including phenoxy) is 1. The van der Waals surface area contributed by atoms with E-state index < -0.39 is 0 Å². The molecule has 0 radical (unpaired) electrons. The minimum absolute atomic E-state index is 0.201. The van der Waals surface area contributed by atoms with Gasteiger partial charge in [-0.3, -0.25) is 14.5 Å². The molecular weight excluding hydrogens is 342 g/mol. The maximum atomic E-state index is 5.88. The molecule has 0 bridgehead atoms. The molecule has 27 heavy (non-hydrogen) atoms. The minimum Gasteiger partial charge on any atom is -0.460 e. The lowest BCUT2D eigenvalue weighted by molar-refractivity contribution is 0.0885. The van der Waals surface area contributed by atoms with Gasteiger partial charge in [0.25, 0.3) is 0 Å². The number of nitrogens with two attached hydrogens (primary N) is 1. The molecule has 146 valence electrons. The van der Waals surface area contributed by atoms with Crippen molar-refractivity contribution in [2.45, 2.75) is 45.0 Å². The first-order valence-electron chi connectivity index (χ1n) is 9.94. The standard InChI is InChI=1S/C19H29N7O/c20-5-12-24-8-2-9-26-17(15-24)13-16(23-26)14-25-10-3-18(4-11-25)27-19-21-6-1-7-22-19/h1,6-7,13,18H,2-5,8-12,14-15,20H2. The van der Waals surface area contributed by atoms with Gasteiger partial charge in [-0.25, -0.2) is 9.97 Å². The molecule has 1 saturated heterocycles. The Morgan fingerprint density at radius 2 is 1.89 bits per heavy atom. The summed E-state index contributed by atoms with van der Waals surface area (Å²) in [6, 6.07) is 4.56. The van der Waals surface area contributed by atoms with E-state index in [1.807, 2.05) is 0 Å². The van der Waals surface area contributed by atoms with E-state index in [0.29, 0.717) is 12.6 Å². The molecule has 2 aromatic rings. The van der Waals surface area contributed by atoms with Crippen molar-refractivity contribution in [2.75, 3.05) is 32.7 Å². The SMILES string of the molecule is NCCN1CCCn2nc(CN3CCC(Oc4ncccn4)CC3)cc2C1. The highest BCUT2D eigenvalue weighted by Gasteiger charge is 2.23. The van der Waals surface area contributed by atoms with Gasteiger partial charge in [-0.15, -0.1) is 0 Å². The molecule has 0 amide bonds. The van der Waals surface area contributed by atoms with Crippen LogP contribution >= 0.6 is 0 Å². The Hall–Kier alpha value is -2.03. The van der Waals surface area contributed by atoms with Crippen LogP contribution < -0.4 is 10.5 Å². The van der Waals surface area contributed by atoms with Crippen LogP contribution in [0.4, 0.5) is 0 Å². The summed E-state index contributed by atoms with van der Waals surface area (Å²) in [6.45, 7) is 7.67. The number of nitrogens with zero attached hydrogens (tertiary/aromatic N) is 6. The largest absolute Gasteiger partial charge is 0.460 e. The number of hydrogen-bond acceptors (Lipinski definition) is 7. The Morgan fingerprint density at radius 3 is 2.67 bits per heavy atom. The first kappa shape index (κ1) is 18.3. The zero-order valence-corrected chi connectivity index (χ0v) is 15.8. The van der Waals surface area contributed by atoms with Gasteiger partial charge in [-0.2, -0.15) is 5.10 Å². The topological polar surface area (TPSA) is 85.3 Å². The Bertz CT molecular complexity index is 712. The van der Waals surface area contributed by atoms with E-state index in [1.54, 1.807) is 18.5 Å². The molecule has 8 heteroatoms. The van der Waals surface area contributed by atoms with Crippen LogP contribution in [0.5, 0.6) is 6.01 Å². The Kier molecular flexibility index (Phi) is 5.96. The molecular formula is C19H29N7O. The van der Waals surface area contributed by atoms with E-state index in [1.165, 1.54) is 11.4 Å². The van der Waals surface area contributed by atoms with Crippen LogP contribution in [-0.2, 0) is 19.6 Å². The number of hydrogen-bond donors (Lipinski definition) is 1. The maximum absolute atomic E-state index is 5.88. The van der Waals surface area contributed by atoms with Gasteiger partial charge in [0.1, 0.15) is 6.10 Å². The lowest BCUT2D eigenvalue weighted by atomic mass is 10.1. The van der Waals surface area contributed by atoms with Crippen molar-refractivity contribution in [1.29, 1.82) is 0 Å². The molecule has 0 aromatic carbocycles. The van der Waals surface area contributed by atoms with E-state index in [0.717, 1.165) is 65.1 Å². The van der Waals surface area contributed by atoms with Gasteiger partial charge >= 0.3 is 6.01 Å². The zero-order chi connectivity index (χ0) is 18.5. The minimum atomic E-state index is 0.201. The van der Waals surface area contributed by atoms with Crippen LogP contribution in [0.15, 0.2) is 24.5 Å². The molecule has 0 saturated carbocycles. The second-order valence-electron chi connectivity index (χ2n) is 7.39. The number of likely N-dealkylation sites (tertiary alicyclic amines) is 1. The molecule has 2 aliphatic heterocycles. The van der Waals surface area contributed by atoms with Crippen LogP contribution in [0.1, 0.15) is 30.7 Å². The quantitative estimate of drug-likeness (QED) is 0.807. The maximum Gasteiger partial charge on any atom is 0.316 e. The normalized spacial score (nSPS) is 19.6. The molecule has 2 aliphatic rings. The Labute approximate surface area is 160 Å². The average molecular weight is 371 g/mol. The van der Waals surface area contributed by atoms with Crippen molar-refractivity contribution < 1.29 is 4.74 Å². The lowest BCUT2D eigenvalue weighted by Crippen LogP contribution is -2.38. The van der Waals surface area contributed by atoms with Crippen LogP contribution in [0.25, 0.3) is 0 Å². The molecule has 0 spiro atoms. The number of aromatic nitrogens is 4. The number of rotatable bonds is 6. The zero-order valence-electron chi connectivity index (χ0n) is 15.8. The molecule has 2 N–H and O–H groups in total. The summed E-state index contributed by atoms with van der Waals surface area (Å²) >= 11 is 0. The third kappa shape index (κ3) is 4.82. The summed E-state index contributed by atoms with van der Waals surface area (Å²) in [5.41, 5.74) is 8.22. The van der Waals surface area contributed by atoms with E-state index >= 15 is 0 Å². The van der Waals surface area contributed by atoms with Gasteiger partial charge in [0.15, 0.2) is 0 Å². The summed E-state index contributed by atoms with van der Waals surface area (Å²) in [5, 5.41) is 4.85. The fourth-order valence-corrected chi connectivity index (χ4v) is 3.95. The van der Waals surface area contributed by atoms with Crippen molar-refractivity contribution in [1.82, 2.24) is 29.5 Å². The summed E-state index contributed by atoms with van der Waals surface area (Å²) in [7, 11) is 0. The first-order chi connectivity index (χ1) is 13.3. The number of aryl methyl sites for hydroxylation is 1. The van der Waals surface area contributed by atoms with E-state index in [2.05, 4.69) is 30.5 Å². The van der Waals surface area contributed by atoms with Crippen LogP contribution in [0.3, 0.4) is 0 Å². The van der Waals surface area contributed by atoms with E-state index in [-0.39, 0.29) is 6.10 Å². The Balaban J connectivity index is 1.29. The smallest absolute Gasteiger partial charge is 0.316 e. The summed E-state index contributed by atoms with van der Waals surface area (Å²) in [5.74, 6) is 0. The Morgan fingerprint density at radius 1 is 1.07 bits per heavy atom. The first-order valence-corrected chi connectivity index (χ1v) is 9.94. The van der Waals surface area contributed by atoms with Crippen molar-refractivity contribution in [3.63, 3.8) is 0 Å². The van der Waals surface area contributed by atoms with Crippen molar-refractivity contribution in [2.24, 2.45) is 5.73 Å². The molecule has 2 aromatic heterocycles. The van der Waals surface area contributed by atoms with Gasteiger partial charge in [0.05, 0.1) is 11.4 Å². The van der Waals surface area contributed by atoms with Gasteiger partial charge in [-0.05, 0) is 31.4 Å². The summed E-state index contributed by atoms with van der Waals surface area (Å²) in [4.78, 5) is 13.2. The third-order valence-corrected chi connectivity index (χ3v) is 5.32. The predicted molar refractivity (Wildman–Crippen MR) is 102 cm³/mol. The third-order valence-electron chi connectivity index (χ3n) is 5.32. The molecule has 1 fully saturated rings. The van der Waals surface area contributed by atoms with E-state index in [9.17, 15) is 0 Å². The highest BCUT2D eigenvalue weighted by atomic mass is 16.5. The summed E-state index contributed by atoms with van der Waals surface area (Å²) < 4.78 is 8.07. The molecule has 8 nitrogen and oxygen atoms in total. The molecule has 4 heterocycles. The number of piperidine rings is 1. The second kappa shape index (κ2) is 8.77. The van der Waals surface area contributed by atoms with Gasteiger partial charge in [0, 0.05) is 64.8 Å². The molecule has 0 unspecified atom stereocenters. The fourth-order valence-electron chi connectivity index (χ4n) is 3.95. The summed E-state index contributed by atoms with van der Waals surface area (Å²) in [6.07, 6.45) is 6.76. The van der Waals surface area contributed by atoms with Crippen molar-refractivity contribution in [3.8, 4) is 6.01 Å². The molecule has 0 atom stereocenters. The van der Waals surface area contributed by atoms with Crippen molar-refractivity contribution in [3.05, 3.63) is 35.9 Å². The van der Waals surface area contributed by atoms with Crippen LogP contribution in [0.2, 0.25) is 0 Å². The average Bonchev–Trinajstić information content (AvgIpc) is 2.95.